The molecule has 0 spiro atoms. The highest BCUT2D eigenvalue weighted by atomic mass is 79.9. The van der Waals surface area contributed by atoms with Gasteiger partial charge in [-0.1, -0.05) is 0 Å². The van der Waals surface area contributed by atoms with Crippen molar-refractivity contribution in [3.8, 4) is 0 Å². The van der Waals surface area contributed by atoms with Crippen molar-refractivity contribution in [3.05, 3.63) is 58.1 Å². The fourth-order valence-electron chi connectivity index (χ4n) is 2.25. The third-order valence-corrected chi connectivity index (χ3v) is 6.03. The summed E-state index contributed by atoms with van der Waals surface area (Å²) in [6.07, 6.45) is 1.65. The van der Waals surface area contributed by atoms with Crippen LogP contribution in [-0.2, 0) is 10.0 Å². The largest absolute Gasteiger partial charge is 0.366 e. The van der Waals surface area contributed by atoms with Gasteiger partial charge in [-0.05, 0) is 71.2 Å². The number of rotatable bonds is 6. The second-order valence-corrected chi connectivity index (χ2v) is 8.50. The average Bonchev–Trinajstić information content (AvgIpc) is 3.38. The molecule has 7 nitrogen and oxygen atoms in total. The number of carbonyl (C=O) groups excluding carboxylic acids is 2. The number of nitrogens with two attached hydrogens (primary N) is 1. The van der Waals surface area contributed by atoms with Gasteiger partial charge in [0.25, 0.3) is 5.91 Å². The van der Waals surface area contributed by atoms with Gasteiger partial charge in [-0.15, -0.1) is 0 Å². The highest BCUT2D eigenvalue weighted by Gasteiger charge is 2.28. The van der Waals surface area contributed by atoms with Gasteiger partial charge in [-0.2, -0.15) is 0 Å². The van der Waals surface area contributed by atoms with E-state index in [0.717, 1.165) is 12.8 Å². The van der Waals surface area contributed by atoms with Crippen LogP contribution in [0.2, 0.25) is 0 Å². The lowest BCUT2D eigenvalue weighted by Crippen LogP contribution is -2.26. The first-order valence-corrected chi connectivity index (χ1v) is 10.1. The number of sulfonamides is 1. The molecule has 0 saturated heterocycles. The molecule has 2 aromatic rings. The van der Waals surface area contributed by atoms with Crippen LogP contribution in [0.3, 0.4) is 0 Å². The van der Waals surface area contributed by atoms with Crippen molar-refractivity contribution in [2.75, 3.05) is 5.32 Å². The summed E-state index contributed by atoms with van der Waals surface area (Å²) in [6, 6.07) is 10.3. The fraction of sp³-hybridized carbons (Fsp3) is 0.176. The summed E-state index contributed by atoms with van der Waals surface area (Å²) in [7, 11) is -3.66. The lowest BCUT2D eigenvalue weighted by atomic mass is 10.1. The zero-order valence-corrected chi connectivity index (χ0v) is 15.9. The van der Waals surface area contributed by atoms with Crippen LogP contribution in [0.1, 0.15) is 33.6 Å². The van der Waals surface area contributed by atoms with Gasteiger partial charge in [0.1, 0.15) is 0 Å². The van der Waals surface area contributed by atoms with Crippen LogP contribution in [0.5, 0.6) is 0 Å². The number of amides is 2. The number of halogens is 1. The summed E-state index contributed by atoms with van der Waals surface area (Å²) in [5.74, 6) is -1.04. The van der Waals surface area contributed by atoms with Gasteiger partial charge in [0.15, 0.2) is 0 Å². The maximum atomic E-state index is 12.5. The molecule has 1 fully saturated rings. The van der Waals surface area contributed by atoms with Crippen LogP contribution in [0, 0.1) is 0 Å². The van der Waals surface area contributed by atoms with Crippen molar-refractivity contribution in [3.63, 3.8) is 0 Å². The van der Waals surface area contributed by atoms with Gasteiger partial charge in [-0.25, -0.2) is 13.1 Å². The molecule has 0 aliphatic heterocycles. The first-order chi connectivity index (χ1) is 12.3. The SMILES string of the molecule is NC(=O)c1ccc(NC(=O)c2cc(S(=O)(=O)NC3CC3)ccc2Br)cc1. The van der Waals surface area contributed by atoms with E-state index in [-0.39, 0.29) is 16.5 Å². The standard InChI is InChI=1S/C17H16BrN3O4S/c18-15-8-7-13(26(24,25)21-12-5-6-12)9-14(15)17(23)20-11-3-1-10(2-4-11)16(19)22/h1-4,7-9,12,21H,5-6H2,(H2,19,22)(H,20,23). The molecule has 1 aliphatic rings. The Kier molecular flexibility index (Phi) is 5.12. The zero-order chi connectivity index (χ0) is 18.9. The number of hydrogen-bond acceptors (Lipinski definition) is 4. The van der Waals surface area contributed by atoms with Crippen molar-refractivity contribution >= 4 is 43.5 Å². The van der Waals surface area contributed by atoms with Crippen LogP contribution < -0.4 is 15.8 Å². The van der Waals surface area contributed by atoms with Gasteiger partial charge in [0.05, 0.1) is 10.5 Å². The van der Waals surface area contributed by atoms with Crippen molar-refractivity contribution in [1.29, 1.82) is 0 Å². The molecule has 0 atom stereocenters. The molecule has 2 aromatic carbocycles. The number of carbonyl (C=O) groups is 2. The average molecular weight is 438 g/mol. The van der Waals surface area contributed by atoms with Crippen LogP contribution in [0.15, 0.2) is 51.8 Å². The second-order valence-electron chi connectivity index (χ2n) is 5.93. The summed E-state index contributed by atoms with van der Waals surface area (Å²) in [5, 5.41) is 2.66. The summed E-state index contributed by atoms with van der Waals surface area (Å²) >= 11 is 3.27. The van der Waals surface area contributed by atoms with Crippen molar-refractivity contribution in [2.45, 2.75) is 23.8 Å². The van der Waals surface area contributed by atoms with E-state index in [1.54, 1.807) is 12.1 Å². The Morgan fingerprint density at radius 2 is 1.73 bits per heavy atom. The number of primary amides is 1. The smallest absolute Gasteiger partial charge is 0.256 e. The van der Waals surface area contributed by atoms with E-state index in [4.69, 9.17) is 5.73 Å². The predicted molar refractivity (Wildman–Crippen MR) is 100 cm³/mol. The topological polar surface area (TPSA) is 118 Å². The van der Waals surface area contributed by atoms with E-state index in [1.807, 2.05) is 0 Å². The molecule has 3 rings (SSSR count). The summed E-state index contributed by atoms with van der Waals surface area (Å²) < 4.78 is 27.7. The maximum Gasteiger partial charge on any atom is 0.256 e. The number of benzene rings is 2. The van der Waals surface area contributed by atoms with Gasteiger partial charge < -0.3 is 11.1 Å². The molecule has 0 unspecified atom stereocenters. The quantitative estimate of drug-likeness (QED) is 0.641. The molecule has 0 bridgehead atoms. The van der Waals surface area contributed by atoms with Crippen molar-refractivity contribution in [2.24, 2.45) is 5.73 Å². The fourth-order valence-corrected chi connectivity index (χ4v) is 4.01. The van der Waals surface area contributed by atoms with E-state index in [9.17, 15) is 18.0 Å². The monoisotopic (exact) mass is 437 g/mol. The highest BCUT2D eigenvalue weighted by molar-refractivity contribution is 9.10. The Balaban J connectivity index is 1.82. The van der Waals surface area contributed by atoms with Gasteiger partial charge >= 0.3 is 0 Å². The summed E-state index contributed by atoms with van der Waals surface area (Å²) in [5.41, 5.74) is 6.14. The molecule has 26 heavy (non-hydrogen) atoms. The van der Waals surface area contributed by atoms with Gasteiger partial charge in [0, 0.05) is 21.8 Å². The second kappa shape index (κ2) is 7.18. The van der Waals surface area contributed by atoms with Crippen LogP contribution in [-0.4, -0.2) is 26.3 Å². The molecule has 0 aromatic heterocycles. The zero-order valence-electron chi connectivity index (χ0n) is 13.5. The molecule has 9 heteroatoms. The lowest BCUT2D eigenvalue weighted by molar-refractivity contribution is 0.0998. The van der Waals surface area contributed by atoms with Crippen LogP contribution in [0.4, 0.5) is 5.69 Å². The molecule has 0 heterocycles. The predicted octanol–water partition coefficient (Wildman–Crippen LogP) is 2.24. The van der Waals surface area contributed by atoms with Crippen molar-refractivity contribution in [1.82, 2.24) is 4.72 Å². The molecule has 4 N–H and O–H groups in total. The number of anilines is 1. The molecule has 1 saturated carbocycles. The summed E-state index contributed by atoms with van der Waals surface area (Å²) in [6.45, 7) is 0. The molecule has 136 valence electrons. The van der Waals surface area contributed by atoms with Gasteiger partial charge in [0.2, 0.25) is 15.9 Å². The minimum absolute atomic E-state index is 0.0234. The van der Waals surface area contributed by atoms with E-state index in [0.29, 0.717) is 15.7 Å². The van der Waals surface area contributed by atoms with Crippen molar-refractivity contribution < 1.29 is 18.0 Å². The molecular formula is C17H16BrN3O4S. The molecule has 2 amide bonds. The summed E-state index contributed by atoms with van der Waals surface area (Å²) in [4.78, 5) is 23.6. The number of nitrogens with one attached hydrogen (secondary N) is 2. The van der Waals surface area contributed by atoms with E-state index < -0.39 is 21.8 Å². The maximum absolute atomic E-state index is 12.5. The number of hydrogen-bond donors (Lipinski definition) is 3. The Labute approximate surface area is 159 Å². The van der Waals surface area contributed by atoms with E-state index in [1.165, 1.54) is 30.3 Å². The molecule has 1 aliphatic carbocycles. The van der Waals surface area contributed by atoms with Crippen LogP contribution in [0.25, 0.3) is 0 Å². The third-order valence-electron chi connectivity index (χ3n) is 3.82. The Morgan fingerprint density at radius 1 is 1.08 bits per heavy atom. The minimum Gasteiger partial charge on any atom is -0.366 e. The molecular weight excluding hydrogens is 422 g/mol. The first kappa shape index (κ1) is 18.6. The van der Waals surface area contributed by atoms with E-state index >= 15 is 0 Å². The van der Waals surface area contributed by atoms with E-state index in [2.05, 4.69) is 26.0 Å². The lowest BCUT2D eigenvalue weighted by Gasteiger charge is -2.10. The normalized spacial score (nSPS) is 14.0. The highest BCUT2D eigenvalue weighted by Crippen LogP contribution is 2.25. The first-order valence-electron chi connectivity index (χ1n) is 7.79. The molecule has 0 radical (unpaired) electrons. The Hall–Kier alpha value is -2.23. The Bertz CT molecular complexity index is 970. The Morgan fingerprint density at radius 3 is 2.31 bits per heavy atom. The van der Waals surface area contributed by atoms with Crippen LogP contribution >= 0.6 is 15.9 Å². The van der Waals surface area contributed by atoms with Gasteiger partial charge in [-0.3, -0.25) is 9.59 Å². The third kappa shape index (κ3) is 4.29. The minimum atomic E-state index is -3.66.